The zero-order chi connectivity index (χ0) is 14.4. The summed E-state index contributed by atoms with van der Waals surface area (Å²) >= 11 is 0. The highest BCUT2D eigenvalue weighted by Gasteiger charge is 2.40. The van der Waals surface area contributed by atoms with Crippen molar-refractivity contribution in [2.75, 3.05) is 6.61 Å². The molecule has 0 saturated heterocycles. The van der Waals surface area contributed by atoms with Gasteiger partial charge in [0.15, 0.2) is 0 Å². The van der Waals surface area contributed by atoms with E-state index >= 15 is 0 Å². The summed E-state index contributed by atoms with van der Waals surface area (Å²) in [6.45, 7) is 4.84. The highest BCUT2D eigenvalue weighted by molar-refractivity contribution is 5.23. The van der Waals surface area contributed by atoms with Crippen molar-refractivity contribution in [1.29, 1.82) is 0 Å². The van der Waals surface area contributed by atoms with Crippen molar-refractivity contribution in [1.82, 2.24) is 10.4 Å². The van der Waals surface area contributed by atoms with Gasteiger partial charge in [0.05, 0.1) is 11.6 Å². The van der Waals surface area contributed by atoms with Crippen LogP contribution in [0.5, 0.6) is 0 Å². The van der Waals surface area contributed by atoms with Gasteiger partial charge in [0.1, 0.15) is 0 Å². The summed E-state index contributed by atoms with van der Waals surface area (Å²) in [5, 5.41) is 0. The van der Waals surface area contributed by atoms with Crippen LogP contribution in [0.3, 0.4) is 0 Å². The first-order valence-corrected chi connectivity index (χ1v) is 7.73. The molecule has 4 heteroatoms. The summed E-state index contributed by atoms with van der Waals surface area (Å²) in [6.07, 6.45) is 10.9. The number of hydrazine groups is 1. The van der Waals surface area contributed by atoms with E-state index in [0.717, 1.165) is 30.6 Å². The Morgan fingerprint density at radius 2 is 2.00 bits per heavy atom. The number of hydrogen-bond acceptors (Lipinski definition) is 4. The molecule has 1 aromatic heterocycles. The minimum Gasteiger partial charge on any atom is -0.373 e. The quantitative estimate of drug-likeness (QED) is 0.493. The third kappa shape index (κ3) is 3.37. The number of nitrogens with two attached hydrogens (primary N) is 1. The van der Waals surface area contributed by atoms with Crippen LogP contribution in [0.2, 0.25) is 0 Å². The molecule has 1 aromatic rings. The molecule has 1 fully saturated rings. The Labute approximate surface area is 122 Å². The maximum absolute atomic E-state index is 6.23. The van der Waals surface area contributed by atoms with Gasteiger partial charge >= 0.3 is 0 Å². The predicted molar refractivity (Wildman–Crippen MR) is 81.1 cm³/mol. The summed E-state index contributed by atoms with van der Waals surface area (Å²) in [6, 6.07) is 2.16. The average molecular weight is 277 g/mol. The highest BCUT2D eigenvalue weighted by atomic mass is 16.5. The van der Waals surface area contributed by atoms with Crippen molar-refractivity contribution in [2.45, 2.75) is 64.0 Å². The fourth-order valence-electron chi connectivity index (χ4n) is 3.42. The maximum atomic E-state index is 6.23. The predicted octanol–water partition coefficient (Wildman–Crippen LogP) is 3.02. The molecule has 0 bridgehead atoms. The van der Waals surface area contributed by atoms with Gasteiger partial charge in [-0.05, 0) is 37.8 Å². The molecule has 3 N–H and O–H groups in total. The van der Waals surface area contributed by atoms with Crippen LogP contribution in [-0.4, -0.2) is 17.2 Å². The smallest absolute Gasteiger partial charge is 0.0889 e. The Morgan fingerprint density at radius 1 is 1.30 bits per heavy atom. The Hall–Kier alpha value is -0.970. The van der Waals surface area contributed by atoms with E-state index < -0.39 is 0 Å². The van der Waals surface area contributed by atoms with Gasteiger partial charge in [0.2, 0.25) is 0 Å². The van der Waals surface area contributed by atoms with Crippen LogP contribution in [0.25, 0.3) is 0 Å². The molecular weight excluding hydrogens is 250 g/mol. The first kappa shape index (κ1) is 15.4. The fraction of sp³-hybridized carbons (Fsp3) is 0.688. The molecule has 20 heavy (non-hydrogen) atoms. The normalized spacial score (nSPS) is 20.4. The van der Waals surface area contributed by atoms with E-state index in [9.17, 15) is 0 Å². The third-order valence-corrected chi connectivity index (χ3v) is 4.30. The Balaban J connectivity index is 2.33. The van der Waals surface area contributed by atoms with Crippen LogP contribution < -0.4 is 11.3 Å². The van der Waals surface area contributed by atoms with Gasteiger partial charge in [-0.25, -0.2) is 0 Å². The second-order valence-corrected chi connectivity index (χ2v) is 5.81. The topological polar surface area (TPSA) is 60.2 Å². The van der Waals surface area contributed by atoms with Crippen LogP contribution in [0, 0.1) is 6.92 Å². The molecule has 1 aliphatic carbocycles. The van der Waals surface area contributed by atoms with Crippen molar-refractivity contribution in [3.05, 3.63) is 29.6 Å². The molecule has 1 heterocycles. The highest BCUT2D eigenvalue weighted by Crippen LogP contribution is 2.40. The summed E-state index contributed by atoms with van der Waals surface area (Å²) in [4.78, 5) is 4.31. The number of aromatic nitrogens is 1. The number of ether oxygens (including phenoxy) is 1. The van der Waals surface area contributed by atoms with Crippen molar-refractivity contribution in [3.8, 4) is 0 Å². The van der Waals surface area contributed by atoms with Gasteiger partial charge in [-0.3, -0.25) is 16.3 Å². The maximum Gasteiger partial charge on any atom is 0.0889 e. The SMILES string of the molecule is CCOC1(C(NN)c2cncc(C)c2)CCCCCC1. The van der Waals surface area contributed by atoms with Gasteiger partial charge in [0.25, 0.3) is 0 Å². The molecule has 1 atom stereocenters. The first-order valence-electron chi connectivity index (χ1n) is 7.73. The van der Waals surface area contributed by atoms with Gasteiger partial charge in [-0.2, -0.15) is 0 Å². The molecule has 4 nitrogen and oxygen atoms in total. The lowest BCUT2D eigenvalue weighted by Crippen LogP contribution is -2.48. The number of nitrogens with zero attached hydrogens (tertiary/aromatic N) is 1. The van der Waals surface area contributed by atoms with Gasteiger partial charge in [-0.1, -0.05) is 31.7 Å². The second kappa shape index (κ2) is 7.16. The lowest BCUT2D eigenvalue weighted by molar-refractivity contribution is -0.0783. The van der Waals surface area contributed by atoms with Gasteiger partial charge in [0, 0.05) is 19.0 Å². The van der Waals surface area contributed by atoms with E-state index in [-0.39, 0.29) is 11.6 Å². The van der Waals surface area contributed by atoms with Gasteiger partial charge in [-0.15, -0.1) is 0 Å². The Kier molecular flexibility index (Phi) is 5.52. The van der Waals surface area contributed by atoms with E-state index in [2.05, 4.69) is 30.3 Å². The molecule has 0 aliphatic heterocycles. The van der Waals surface area contributed by atoms with Crippen LogP contribution in [0.1, 0.15) is 62.6 Å². The molecule has 2 rings (SSSR count). The fourth-order valence-corrected chi connectivity index (χ4v) is 3.42. The minimum atomic E-state index is -0.199. The molecule has 1 saturated carbocycles. The average Bonchev–Trinajstić information content (AvgIpc) is 2.66. The second-order valence-electron chi connectivity index (χ2n) is 5.81. The van der Waals surface area contributed by atoms with Gasteiger partial charge < -0.3 is 4.74 Å². The number of pyridine rings is 1. The summed E-state index contributed by atoms with van der Waals surface area (Å²) in [7, 11) is 0. The van der Waals surface area contributed by atoms with Crippen LogP contribution in [0.15, 0.2) is 18.5 Å². The molecule has 112 valence electrons. The summed E-state index contributed by atoms with van der Waals surface area (Å²) in [5.74, 6) is 5.89. The van der Waals surface area contributed by atoms with Crippen LogP contribution in [-0.2, 0) is 4.74 Å². The standard InChI is InChI=1S/C16H27N3O/c1-3-20-16(8-6-4-5-7-9-16)15(19-17)14-10-13(2)11-18-12-14/h10-12,15,19H,3-9,17H2,1-2H3. The van der Waals surface area contributed by atoms with E-state index in [1.54, 1.807) is 0 Å². The monoisotopic (exact) mass is 277 g/mol. The zero-order valence-corrected chi connectivity index (χ0v) is 12.7. The van der Waals surface area contributed by atoms with E-state index in [1.807, 2.05) is 12.4 Å². The molecule has 1 unspecified atom stereocenters. The molecule has 0 radical (unpaired) electrons. The van der Waals surface area contributed by atoms with Crippen molar-refractivity contribution in [3.63, 3.8) is 0 Å². The molecule has 1 aliphatic rings. The van der Waals surface area contributed by atoms with Crippen molar-refractivity contribution < 1.29 is 4.74 Å². The zero-order valence-electron chi connectivity index (χ0n) is 12.7. The van der Waals surface area contributed by atoms with Crippen LogP contribution in [0.4, 0.5) is 0 Å². The number of nitrogens with one attached hydrogen (secondary N) is 1. The van der Waals surface area contributed by atoms with Crippen LogP contribution >= 0.6 is 0 Å². The largest absolute Gasteiger partial charge is 0.373 e. The number of aryl methyl sites for hydroxylation is 1. The molecular formula is C16H27N3O. The molecule has 0 amide bonds. The summed E-state index contributed by atoms with van der Waals surface area (Å²) in [5.41, 5.74) is 5.09. The lowest BCUT2D eigenvalue weighted by atomic mass is 9.82. The Morgan fingerprint density at radius 3 is 2.55 bits per heavy atom. The van der Waals surface area contributed by atoms with E-state index in [0.29, 0.717) is 0 Å². The Bertz CT molecular complexity index is 414. The number of hydrogen-bond donors (Lipinski definition) is 2. The molecule has 0 spiro atoms. The first-order chi connectivity index (χ1) is 9.72. The van der Waals surface area contributed by atoms with E-state index in [4.69, 9.17) is 10.6 Å². The number of rotatable bonds is 5. The van der Waals surface area contributed by atoms with Crippen molar-refractivity contribution in [2.24, 2.45) is 5.84 Å². The molecule has 0 aromatic carbocycles. The summed E-state index contributed by atoms with van der Waals surface area (Å²) < 4.78 is 6.23. The third-order valence-electron chi connectivity index (χ3n) is 4.30. The van der Waals surface area contributed by atoms with Crippen molar-refractivity contribution >= 4 is 0 Å². The van der Waals surface area contributed by atoms with E-state index in [1.165, 1.54) is 25.7 Å². The minimum absolute atomic E-state index is 0.00736. The lowest BCUT2D eigenvalue weighted by Gasteiger charge is -2.40.